The number of halogens is 3. The summed E-state index contributed by atoms with van der Waals surface area (Å²) in [5.41, 5.74) is 3.48. The minimum Gasteiger partial charge on any atom is -0.290 e. The lowest BCUT2D eigenvalue weighted by molar-refractivity contribution is 0.109. The third kappa shape index (κ3) is 4.10. The summed E-state index contributed by atoms with van der Waals surface area (Å²) in [5, 5.41) is 0. The molecule has 1 heterocycles. The minimum atomic E-state index is -0.194. The monoisotopic (exact) mass is 337 g/mol. The summed E-state index contributed by atoms with van der Waals surface area (Å²) < 4.78 is 26.3. The SMILES string of the molecule is CC(C)(CCc1ccc(F)cc1)N1Cc2ccc(F)cc2C1.Cl. The first-order valence-electron chi connectivity index (χ1n) is 7.71. The minimum absolute atomic E-state index is 0. The van der Waals surface area contributed by atoms with Gasteiger partial charge in [-0.25, -0.2) is 8.78 Å². The van der Waals surface area contributed by atoms with Gasteiger partial charge in [0.15, 0.2) is 0 Å². The highest BCUT2D eigenvalue weighted by atomic mass is 35.5. The number of rotatable bonds is 4. The third-order valence-electron chi connectivity index (χ3n) is 4.69. The van der Waals surface area contributed by atoms with Crippen molar-refractivity contribution in [3.05, 3.63) is 70.8 Å². The van der Waals surface area contributed by atoms with Crippen LogP contribution in [0.4, 0.5) is 8.78 Å². The third-order valence-corrected chi connectivity index (χ3v) is 4.69. The van der Waals surface area contributed by atoms with Crippen LogP contribution in [0.15, 0.2) is 42.5 Å². The molecule has 1 aliphatic heterocycles. The maximum atomic E-state index is 13.3. The van der Waals surface area contributed by atoms with E-state index in [1.807, 2.05) is 18.2 Å². The molecule has 2 aromatic carbocycles. The fourth-order valence-corrected chi connectivity index (χ4v) is 3.05. The topological polar surface area (TPSA) is 3.24 Å². The Morgan fingerprint density at radius 3 is 2.22 bits per heavy atom. The van der Waals surface area contributed by atoms with E-state index in [1.54, 1.807) is 6.07 Å². The molecule has 3 rings (SSSR count). The van der Waals surface area contributed by atoms with Crippen LogP contribution in [-0.2, 0) is 19.5 Å². The second kappa shape index (κ2) is 6.98. The van der Waals surface area contributed by atoms with Gasteiger partial charge in [0, 0.05) is 18.6 Å². The molecule has 0 unspecified atom stereocenters. The normalized spacial score (nSPS) is 14.4. The summed E-state index contributed by atoms with van der Waals surface area (Å²) in [6.45, 7) is 6.10. The number of nitrogens with zero attached hydrogens (tertiary/aromatic N) is 1. The van der Waals surface area contributed by atoms with Crippen molar-refractivity contribution in [2.75, 3.05) is 0 Å². The van der Waals surface area contributed by atoms with E-state index in [-0.39, 0.29) is 29.6 Å². The second-order valence-corrected chi connectivity index (χ2v) is 6.71. The molecule has 0 saturated heterocycles. The van der Waals surface area contributed by atoms with Crippen LogP contribution in [0, 0.1) is 11.6 Å². The van der Waals surface area contributed by atoms with Crippen LogP contribution < -0.4 is 0 Å². The van der Waals surface area contributed by atoms with Gasteiger partial charge in [-0.05, 0) is 67.6 Å². The quantitative estimate of drug-likeness (QED) is 0.749. The van der Waals surface area contributed by atoms with Crippen molar-refractivity contribution >= 4 is 12.4 Å². The van der Waals surface area contributed by atoms with Gasteiger partial charge in [0.1, 0.15) is 11.6 Å². The molecule has 1 nitrogen and oxygen atoms in total. The highest BCUT2D eigenvalue weighted by molar-refractivity contribution is 5.85. The van der Waals surface area contributed by atoms with Gasteiger partial charge < -0.3 is 0 Å². The lowest BCUT2D eigenvalue weighted by Gasteiger charge is -2.35. The predicted molar refractivity (Wildman–Crippen MR) is 91.7 cm³/mol. The molecule has 0 aromatic heterocycles. The molecular weight excluding hydrogens is 316 g/mol. The average Bonchev–Trinajstić information content (AvgIpc) is 2.90. The van der Waals surface area contributed by atoms with E-state index in [0.29, 0.717) is 0 Å². The molecule has 0 amide bonds. The summed E-state index contributed by atoms with van der Waals surface area (Å²) in [5.74, 6) is -0.357. The highest BCUT2D eigenvalue weighted by Gasteiger charge is 2.31. The van der Waals surface area contributed by atoms with Crippen LogP contribution in [-0.4, -0.2) is 10.4 Å². The molecule has 0 radical (unpaired) electrons. The van der Waals surface area contributed by atoms with E-state index in [2.05, 4.69) is 18.7 Å². The fourth-order valence-electron chi connectivity index (χ4n) is 3.05. The van der Waals surface area contributed by atoms with Crippen LogP contribution in [0.2, 0.25) is 0 Å². The van der Waals surface area contributed by atoms with E-state index >= 15 is 0 Å². The van der Waals surface area contributed by atoms with Crippen LogP contribution in [0.1, 0.15) is 37.0 Å². The Balaban J connectivity index is 0.00000192. The Kier molecular flexibility index (Phi) is 5.43. The standard InChI is InChI=1S/C19H21F2N.ClH/c1-19(2,10-9-14-3-6-17(20)7-4-14)22-12-15-5-8-18(21)11-16(15)13-22;/h3-8,11H,9-10,12-13H2,1-2H3;1H. The Labute approximate surface area is 142 Å². The van der Waals surface area contributed by atoms with Crippen LogP contribution in [0.5, 0.6) is 0 Å². The van der Waals surface area contributed by atoms with Gasteiger partial charge in [-0.1, -0.05) is 18.2 Å². The second-order valence-electron chi connectivity index (χ2n) is 6.71. The lowest BCUT2D eigenvalue weighted by atomic mass is 9.93. The predicted octanol–water partition coefficient (Wildman–Crippen LogP) is 5.11. The number of hydrogen-bond donors (Lipinski definition) is 0. The van der Waals surface area contributed by atoms with Crippen molar-refractivity contribution in [1.82, 2.24) is 4.90 Å². The molecule has 0 saturated carbocycles. The molecular formula is C19H22ClF2N. The molecule has 0 spiro atoms. The van der Waals surface area contributed by atoms with Gasteiger partial charge in [0.2, 0.25) is 0 Å². The van der Waals surface area contributed by atoms with Crippen molar-refractivity contribution < 1.29 is 8.78 Å². The van der Waals surface area contributed by atoms with Gasteiger partial charge in [-0.3, -0.25) is 4.90 Å². The van der Waals surface area contributed by atoms with Crippen molar-refractivity contribution in [1.29, 1.82) is 0 Å². The molecule has 0 bridgehead atoms. The number of hydrogen-bond acceptors (Lipinski definition) is 1. The van der Waals surface area contributed by atoms with E-state index in [9.17, 15) is 8.78 Å². The Morgan fingerprint density at radius 1 is 0.913 bits per heavy atom. The summed E-state index contributed by atoms with van der Waals surface area (Å²) in [6.07, 6.45) is 1.89. The Morgan fingerprint density at radius 2 is 1.52 bits per heavy atom. The molecule has 0 N–H and O–H groups in total. The zero-order valence-corrected chi connectivity index (χ0v) is 14.3. The van der Waals surface area contributed by atoms with Crippen molar-refractivity contribution in [3.8, 4) is 0 Å². The zero-order valence-electron chi connectivity index (χ0n) is 13.5. The first kappa shape index (κ1) is 17.9. The van der Waals surface area contributed by atoms with Gasteiger partial charge in [-0.15, -0.1) is 12.4 Å². The average molecular weight is 338 g/mol. The fraction of sp³-hybridized carbons (Fsp3) is 0.368. The van der Waals surface area contributed by atoms with E-state index in [0.717, 1.165) is 37.1 Å². The van der Waals surface area contributed by atoms with E-state index < -0.39 is 0 Å². The number of benzene rings is 2. The van der Waals surface area contributed by atoms with Gasteiger partial charge >= 0.3 is 0 Å². The van der Waals surface area contributed by atoms with Crippen molar-refractivity contribution in [2.45, 2.75) is 45.3 Å². The van der Waals surface area contributed by atoms with Gasteiger partial charge in [-0.2, -0.15) is 0 Å². The first-order valence-corrected chi connectivity index (χ1v) is 7.71. The zero-order chi connectivity index (χ0) is 15.7. The molecule has 0 aliphatic carbocycles. The van der Waals surface area contributed by atoms with Crippen LogP contribution in [0.25, 0.3) is 0 Å². The highest BCUT2D eigenvalue weighted by Crippen LogP contribution is 2.32. The molecule has 124 valence electrons. The summed E-state index contributed by atoms with van der Waals surface area (Å²) in [7, 11) is 0. The number of aryl methyl sites for hydroxylation is 1. The van der Waals surface area contributed by atoms with Crippen LogP contribution in [0.3, 0.4) is 0 Å². The number of fused-ring (bicyclic) bond motifs is 1. The molecule has 4 heteroatoms. The summed E-state index contributed by atoms with van der Waals surface area (Å²) in [6, 6.07) is 11.8. The van der Waals surface area contributed by atoms with Crippen molar-refractivity contribution in [3.63, 3.8) is 0 Å². The maximum absolute atomic E-state index is 13.3. The Hall–Kier alpha value is -1.45. The molecule has 0 fully saturated rings. The van der Waals surface area contributed by atoms with Crippen LogP contribution >= 0.6 is 12.4 Å². The lowest BCUT2D eigenvalue weighted by Crippen LogP contribution is -2.40. The van der Waals surface area contributed by atoms with Gasteiger partial charge in [0.25, 0.3) is 0 Å². The summed E-state index contributed by atoms with van der Waals surface area (Å²) >= 11 is 0. The Bertz CT molecular complexity index is 668. The van der Waals surface area contributed by atoms with Gasteiger partial charge in [0.05, 0.1) is 0 Å². The first-order chi connectivity index (χ1) is 10.4. The molecule has 23 heavy (non-hydrogen) atoms. The molecule has 0 atom stereocenters. The van der Waals surface area contributed by atoms with Crippen molar-refractivity contribution in [2.24, 2.45) is 0 Å². The maximum Gasteiger partial charge on any atom is 0.123 e. The van der Waals surface area contributed by atoms with E-state index in [4.69, 9.17) is 0 Å². The summed E-state index contributed by atoms with van der Waals surface area (Å²) in [4.78, 5) is 2.39. The van der Waals surface area contributed by atoms with E-state index in [1.165, 1.54) is 23.8 Å². The molecule has 1 aliphatic rings. The molecule has 2 aromatic rings. The smallest absolute Gasteiger partial charge is 0.123 e. The largest absolute Gasteiger partial charge is 0.290 e.